The van der Waals surface area contributed by atoms with Crippen LogP contribution in [0.1, 0.15) is 12.5 Å². The summed E-state index contributed by atoms with van der Waals surface area (Å²) in [4.78, 5) is 0. The Morgan fingerprint density at radius 3 is 2.77 bits per heavy atom. The lowest BCUT2D eigenvalue weighted by Gasteiger charge is -2.02. The average molecular weight is 173 g/mol. The van der Waals surface area contributed by atoms with Crippen molar-refractivity contribution in [3.05, 3.63) is 42.1 Å². The van der Waals surface area contributed by atoms with Gasteiger partial charge in [0, 0.05) is 11.6 Å². The Labute approximate surface area is 77.2 Å². The lowest BCUT2D eigenvalue weighted by Crippen LogP contribution is -1.84. The molecule has 0 atom stereocenters. The van der Waals surface area contributed by atoms with Crippen molar-refractivity contribution < 1.29 is 4.52 Å². The average Bonchev–Trinajstić information content (AvgIpc) is 2.70. The maximum absolute atomic E-state index is 5.11. The Hall–Kier alpha value is -1.57. The molecule has 1 aromatic carbocycles. The van der Waals surface area contributed by atoms with E-state index in [0.717, 1.165) is 17.7 Å². The second kappa shape index (κ2) is 3.44. The molecule has 2 rings (SSSR count). The predicted octanol–water partition coefficient (Wildman–Crippen LogP) is 2.90. The van der Waals surface area contributed by atoms with Gasteiger partial charge in [0.25, 0.3) is 0 Å². The van der Waals surface area contributed by atoms with E-state index in [1.165, 1.54) is 5.56 Å². The van der Waals surface area contributed by atoms with Crippen LogP contribution in [0.15, 0.2) is 41.1 Å². The Balaban J connectivity index is 2.51. The molecule has 0 bridgehead atoms. The van der Waals surface area contributed by atoms with Gasteiger partial charge in [-0.2, -0.15) is 0 Å². The molecule has 1 heterocycles. The zero-order valence-corrected chi connectivity index (χ0v) is 7.53. The first-order valence-corrected chi connectivity index (χ1v) is 4.40. The molecule has 0 N–H and O–H groups in total. The van der Waals surface area contributed by atoms with Gasteiger partial charge in [-0.3, -0.25) is 0 Å². The molecule has 13 heavy (non-hydrogen) atoms. The van der Waals surface area contributed by atoms with Crippen LogP contribution in [0.2, 0.25) is 0 Å². The second-order valence-electron chi connectivity index (χ2n) is 2.89. The lowest BCUT2D eigenvalue weighted by molar-refractivity contribution is 0.432. The standard InChI is InChI=1S/C11H11NO/c1-2-9-5-3-4-6-10(9)11-7-8-12-13-11/h3-8H,2H2,1H3. The minimum Gasteiger partial charge on any atom is -0.356 e. The number of hydrogen-bond donors (Lipinski definition) is 0. The van der Waals surface area contributed by atoms with E-state index in [-0.39, 0.29) is 0 Å². The molecule has 0 fully saturated rings. The number of benzene rings is 1. The summed E-state index contributed by atoms with van der Waals surface area (Å²) in [5, 5.41) is 3.70. The summed E-state index contributed by atoms with van der Waals surface area (Å²) in [6, 6.07) is 10.1. The summed E-state index contributed by atoms with van der Waals surface area (Å²) in [7, 11) is 0. The fourth-order valence-electron chi connectivity index (χ4n) is 1.42. The van der Waals surface area contributed by atoms with Crippen LogP contribution in [-0.4, -0.2) is 5.16 Å². The highest BCUT2D eigenvalue weighted by Crippen LogP contribution is 2.22. The molecule has 2 heteroatoms. The van der Waals surface area contributed by atoms with Crippen molar-refractivity contribution in [3.63, 3.8) is 0 Å². The number of rotatable bonds is 2. The predicted molar refractivity (Wildman–Crippen MR) is 51.3 cm³/mol. The molecule has 0 saturated heterocycles. The van der Waals surface area contributed by atoms with Gasteiger partial charge in [0.1, 0.15) is 0 Å². The third-order valence-electron chi connectivity index (χ3n) is 2.10. The third kappa shape index (κ3) is 1.47. The van der Waals surface area contributed by atoms with Gasteiger partial charge in [-0.05, 0) is 12.0 Å². The summed E-state index contributed by atoms with van der Waals surface area (Å²) in [6.45, 7) is 2.13. The highest BCUT2D eigenvalue weighted by Gasteiger charge is 2.05. The van der Waals surface area contributed by atoms with Crippen LogP contribution in [0.4, 0.5) is 0 Å². The molecule has 0 aliphatic rings. The van der Waals surface area contributed by atoms with E-state index in [1.807, 2.05) is 18.2 Å². The Bertz CT molecular complexity index is 379. The van der Waals surface area contributed by atoms with Gasteiger partial charge < -0.3 is 4.52 Å². The highest BCUT2D eigenvalue weighted by atomic mass is 16.5. The van der Waals surface area contributed by atoms with Crippen LogP contribution < -0.4 is 0 Å². The topological polar surface area (TPSA) is 26.0 Å². The molecule has 0 saturated carbocycles. The molecular weight excluding hydrogens is 162 g/mol. The number of nitrogens with zero attached hydrogens (tertiary/aromatic N) is 1. The maximum Gasteiger partial charge on any atom is 0.167 e. The van der Waals surface area contributed by atoms with Gasteiger partial charge in [0.05, 0.1) is 6.20 Å². The first kappa shape index (κ1) is 8.05. The molecular formula is C11H11NO. The van der Waals surface area contributed by atoms with Crippen LogP contribution in [-0.2, 0) is 6.42 Å². The van der Waals surface area contributed by atoms with E-state index in [9.17, 15) is 0 Å². The maximum atomic E-state index is 5.11. The van der Waals surface area contributed by atoms with Crippen molar-refractivity contribution in [3.8, 4) is 11.3 Å². The van der Waals surface area contributed by atoms with Gasteiger partial charge in [-0.1, -0.05) is 36.3 Å². The second-order valence-corrected chi connectivity index (χ2v) is 2.89. The van der Waals surface area contributed by atoms with Gasteiger partial charge in [0.15, 0.2) is 5.76 Å². The van der Waals surface area contributed by atoms with E-state index in [1.54, 1.807) is 6.20 Å². The lowest BCUT2D eigenvalue weighted by atomic mass is 10.0. The van der Waals surface area contributed by atoms with Crippen molar-refractivity contribution >= 4 is 0 Å². The first-order valence-electron chi connectivity index (χ1n) is 4.40. The van der Waals surface area contributed by atoms with Crippen molar-refractivity contribution in [1.82, 2.24) is 5.16 Å². The Kier molecular flexibility index (Phi) is 2.13. The minimum absolute atomic E-state index is 0.845. The normalized spacial score (nSPS) is 10.2. The molecule has 0 unspecified atom stereocenters. The van der Waals surface area contributed by atoms with Crippen molar-refractivity contribution in [1.29, 1.82) is 0 Å². The summed E-state index contributed by atoms with van der Waals surface area (Å²) >= 11 is 0. The van der Waals surface area contributed by atoms with Crippen molar-refractivity contribution in [2.75, 3.05) is 0 Å². The fourth-order valence-corrected chi connectivity index (χ4v) is 1.42. The van der Waals surface area contributed by atoms with Crippen LogP contribution >= 0.6 is 0 Å². The molecule has 0 aliphatic carbocycles. The summed E-state index contributed by atoms with van der Waals surface area (Å²) in [5.74, 6) is 0.845. The van der Waals surface area contributed by atoms with Gasteiger partial charge in [0.2, 0.25) is 0 Å². The van der Waals surface area contributed by atoms with E-state index >= 15 is 0 Å². The zero-order chi connectivity index (χ0) is 9.10. The minimum atomic E-state index is 0.845. The Morgan fingerprint density at radius 2 is 2.08 bits per heavy atom. The number of aromatic nitrogens is 1. The number of hydrogen-bond acceptors (Lipinski definition) is 2. The van der Waals surface area contributed by atoms with Gasteiger partial charge >= 0.3 is 0 Å². The van der Waals surface area contributed by atoms with E-state index in [4.69, 9.17) is 4.52 Å². The fraction of sp³-hybridized carbons (Fsp3) is 0.182. The van der Waals surface area contributed by atoms with Crippen LogP contribution in [0.25, 0.3) is 11.3 Å². The van der Waals surface area contributed by atoms with Crippen LogP contribution in [0, 0.1) is 0 Å². The molecule has 0 spiro atoms. The van der Waals surface area contributed by atoms with E-state index < -0.39 is 0 Å². The molecule has 0 radical (unpaired) electrons. The smallest absolute Gasteiger partial charge is 0.167 e. The highest BCUT2D eigenvalue weighted by molar-refractivity contribution is 5.61. The summed E-state index contributed by atoms with van der Waals surface area (Å²) in [5.41, 5.74) is 2.43. The molecule has 1 aromatic heterocycles. The van der Waals surface area contributed by atoms with Gasteiger partial charge in [-0.15, -0.1) is 0 Å². The van der Waals surface area contributed by atoms with E-state index in [2.05, 4.69) is 24.2 Å². The molecule has 0 amide bonds. The SMILES string of the molecule is CCc1ccccc1-c1ccno1. The zero-order valence-electron chi connectivity index (χ0n) is 7.53. The van der Waals surface area contributed by atoms with Crippen LogP contribution in [0.3, 0.4) is 0 Å². The van der Waals surface area contributed by atoms with E-state index in [0.29, 0.717) is 0 Å². The molecule has 2 aromatic rings. The largest absolute Gasteiger partial charge is 0.356 e. The van der Waals surface area contributed by atoms with Crippen molar-refractivity contribution in [2.24, 2.45) is 0 Å². The quantitative estimate of drug-likeness (QED) is 0.697. The summed E-state index contributed by atoms with van der Waals surface area (Å²) < 4.78 is 5.11. The summed E-state index contributed by atoms with van der Waals surface area (Å²) in [6.07, 6.45) is 2.68. The molecule has 0 aliphatic heterocycles. The Morgan fingerprint density at radius 1 is 1.23 bits per heavy atom. The monoisotopic (exact) mass is 173 g/mol. The van der Waals surface area contributed by atoms with Crippen molar-refractivity contribution in [2.45, 2.75) is 13.3 Å². The molecule has 2 nitrogen and oxygen atoms in total. The number of aryl methyl sites for hydroxylation is 1. The molecule has 66 valence electrons. The first-order chi connectivity index (χ1) is 6.42. The van der Waals surface area contributed by atoms with Crippen LogP contribution in [0.5, 0.6) is 0 Å². The van der Waals surface area contributed by atoms with Gasteiger partial charge in [-0.25, -0.2) is 0 Å². The third-order valence-corrected chi connectivity index (χ3v) is 2.10.